The summed E-state index contributed by atoms with van der Waals surface area (Å²) in [5.41, 5.74) is 0.331. The molecule has 1 atom stereocenters. The van der Waals surface area contributed by atoms with Crippen LogP contribution in [0.5, 0.6) is 0 Å². The third-order valence-electron chi connectivity index (χ3n) is 3.33. The van der Waals surface area contributed by atoms with Gasteiger partial charge in [-0.25, -0.2) is 14.6 Å². The van der Waals surface area contributed by atoms with Gasteiger partial charge in [-0.1, -0.05) is 0 Å². The summed E-state index contributed by atoms with van der Waals surface area (Å²) >= 11 is 1.20. The Morgan fingerprint density at radius 2 is 2.05 bits per heavy atom. The van der Waals surface area contributed by atoms with Crippen molar-refractivity contribution < 1.29 is 19.4 Å². The molecular weight excluding hydrogens is 299 g/mol. The molecular formula is C14H20LiN2O4S. The molecule has 0 fully saturated rings. The van der Waals surface area contributed by atoms with Crippen molar-refractivity contribution in [3.63, 3.8) is 0 Å². The molecule has 1 aromatic rings. The number of nitrogens with zero attached hydrogens (tertiary/aromatic N) is 2. The van der Waals surface area contributed by atoms with Crippen molar-refractivity contribution in [3.05, 3.63) is 15.6 Å². The molecule has 1 aromatic heterocycles. The van der Waals surface area contributed by atoms with Crippen LogP contribution in [0.25, 0.3) is 0 Å². The van der Waals surface area contributed by atoms with Gasteiger partial charge in [-0.3, -0.25) is 0 Å². The van der Waals surface area contributed by atoms with E-state index < -0.39 is 11.6 Å². The van der Waals surface area contributed by atoms with Gasteiger partial charge in [-0.2, -0.15) is 0 Å². The van der Waals surface area contributed by atoms with E-state index in [-0.39, 0.29) is 36.0 Å². The minimum atomic E-state index is -0.994. The fraction of sp³-hybridized carbons (Fsp3) is 0.643. The van der Waals surface area contributed by atoms with E-state index in [0.29, 0.717) is 12.8 Å². The average molecular weight is 319 g/mol. The molecule has 1 amide bonds. The number of aromatic carboxylic acids is 1. The van der Waals surface area contributed by atoms with Gasteiger partial charge in [-0.15, -0.1) is 11.3 Å². The number of carboxylic acids is 1. The number of hydrogen-bond acceptors (Lipinski definition) is 5. The second-order valence-electron chi connectivity index (χ2n) is 6.18. The van der Waals surface area contributed by atoms with Gasteiger partial charge in [0.05, 0.1) is 5.69 Å². The molecule has 1 aliphatic rings. The summed E-state index contributed by atoms with van der Waals surface area (Å²) in [5.74, 6) is -0.994. The number of hydrogen-bond donors (Lipinski definition) is 1. The Hall–Kier alpha value is -1.03. The molecule has 1 heterocycles. The van der Waals surface area contributed by atoms with Gasteiger partial charge in [0.15, 0.2) is 0 Å². The number of thiazole rings is 1. The Bertz CT molecular complexity index is 568. The van der Waals surface area contributed by atoms with Crippen LogP contribution in [0.3, 0.4) is 0 Å². The smallest absolute Gasteiger partial charge is 0.410 e. The maximum atomic E-state index is 12.1. The average Bonchev–Trinajstić information content (AvgIpc) is 2.78. The van der Waals surface area contributed by atoms with E-state index in [4.69, 9.17) is 9.84 Å². The Labute approximate surface area is 146 Å². The predicted molar refractivity (Wildman–Crippen MR) is 84.6 cm³/mol. The number of rotatable bonds is 2. The Morgan fingerprint density at radius 1 is 1.41 bits per heavy atom. The van der Waals surface area contributed by atoms with Crippen molar-refractivity contribution in [2.24, 2.45) is 0 Å². The van der Waals surface area contributed by atoms with Gasteiger partial charge in [0.2, 0.25) is 5.01 Å². The summed E-state index contributed by atoms with van der Waals surface area (Å²) in [5, 5.41) is 9.11. The largest absolute Gasteiger partial charge is 0.476 e. The first-order chi connectivity index (χ1) is 9.67. The van der Waals surface area contributed by atoms with Crippen LogP contribution in [-0.4, -0.2) is 64.6 Å². The summed E-state index contributed by atoms with van der Waals surface area (Å²) in [4.78, 5) is 29.7. The van der Waals surface area contributed by atoms with Crippen LogP contribution in [-0.2, 0) is 17.6 Å². The molecule has 0 bridgehead atoms. The molecule has 1 unspecified atom stereocenters. The molecule has 2 rings (SSSR count). The van der Waals surface area contributed by atoms with Gasteiger partial charge >= 0.3 is 12.1 Å². The first-order valence-electron chi connectivity index (χ1n) is 6.85. The van der Waals surface area contributed by atoms with Crippen molar-refractivity contribution in [1.82, 2.24) is 9.88 Å². The zero-order valence-corrected chi connectivity index (χ0v) is 14.5. The summed E-state index contributed by atoms with van der Waals surface area (Å²) in [6.07, 6.45) is 1.75. The number of carbonyl (C=O) groups excluding carboxylic acids is 1. The fourth-order valence-electron chi connectivity index (χ4n) is 2.26. The topological polar surface area (TPSA) is 79.7 Å². The van der Waals surface area contributed by atoms with Crippen LogP contribution >= 0.6 is 11.3 Å². The minimum Gasteiger partial charge on any atom is -0.476 e. The third-order valence-corrected chi connectivity index (χ3v) is 4.43. The van der Waals surface area contributed by atoms with E-state index in [9.17, 15) is 9.59 Å². The molecule has 0 saturated heterocycles. The molecule has 0 aromatic carbocycles. The number of carbonyl (C=O) groups is 2. The van der Waals surface area contributed by atoms with E-state index in [1.165, 1.54) is 11.3 Å². The van der Waals surface area contributed by atoms with Crippen LogP contribution in [0, 0.1) is 0 Å². The van der Waals surface area contributed by atoms with Gasteiger partial charge in [-0.05, 0) is 33.6 Å². The molecule has 6 nitrogen and oxygen atoms in total. The number of likely N-dealkylation sites (N-methyl/N-ethyl adjacent to an activating group) is 1. The van der Waals surface area contributed by atoms with E-state index in [1.807, 2.05) is 20.8 Å². The summed E-state index contributed by atoms with van der Waals surface area (Å²) in [7, 11) is 1.73. The van der Waals surface area contributed by atoms with E-state index in [0.717, 1.165) is 17.0 Å². The first-order valence-corrected chi connectivity index (χ1v) is 7.66. The zero-order valence-electron chi connectivity index (χ0n) is 13.7. The van der Waals surface area contributed by atoms with E-state index in [1.54, 1.807) is 11.9 Å². The fourth-order valence-corrected chi connectivity index (χ4v) is 3.28. The molecule has 8 heteroatoms. The van der Waals surface area contributed by atoms with Gasteiger partial charge in [0.25, 0.3) is 0 Å². The molecule has 0 aliphatic heterocycles. The quantitative estimate of drug-likeness (QED) is 0.845. The Balaban J connectivity index is 0.00000242. The molecule has 1 aliphatic carbocycles. The van der Waals surface area contributed by atoms with E-state index >= 15 is 0 Å². The Morgan fingerprint density at radius 3 is 2.59 bits per heavy atom. The molecule has 0 spiro atoms. The van der Waals surface area contributed by atoms with Crippen molar-refractivity contribution in [2.45, 2.75) is 51.7 Å². The Kier molecular flexibility index (Phi) is 6.08. The second-order valence-corrected chi connectivity index (χ2v) is 7.27. The van der Waals surface area contributed by atoms with Crippen LogP contribution in [0.4, 0.5) is 4.79 Å². The number of aryl methyl sites for hydroxylation is 1. The monoisotopic (exact) mass is 319 g/mol. The van der Waals surface area contributed by atoms with Gasteiger partial charge in [0.1, 0.15) is 5.60 Å². The van der Waals surface area contributed by atoms with Crippen molar-refractivity contribution >= 4 is 42.3 Å². The van der Waals surface area contributed by atoms with Crippen molar-refractivity contribution in [1.29, 1.82) is 0 Å². The van der Waals surface area contributed by atoms with Crippen LogP contribution in [0.1, 0.15) is 47.6 Å². The molecule has 1 N–H and O–H groups in total. The molecule has 22 heavy (non-hydrogen) atoms. The maximum Gasteiger partial charge on any atom is 0.410 e. The van der Waals surface area contributed by atoms with Gasteiger partial charge in [0, 0.05) is 43.2 Å². The van der Waals surface area contributed by atoms with Crippen LogP contribution < -0.4 is 0 Å². The summed E-state index contributed by atoms with van der Waals surface area (Å²) < 4.78 is 5.36. The SMILES string of the molecule is CN(C(=O)OC(C)(C)C)C1CCc2nc(C(=O)O)sc2C1.[Li]. The number of fused-ring (bicyclic) bond motifs is 1. The zero-order chi connectivity index (χ0) is 15.8. The minimum absolute atomic E-state index is 0. The normalized spacial score (nSPS) is 17.2. The van der Waals surface area contributed by atoms with Crippen molar-refractivity contribution in [3.8, 4) is 0 Å². The number of carboxylic acid groups (broad SMARTS) is 1. The number of amides is 1. The molecule has 0 saturated carbocycles. The molecule has 1 radical (unpaired) electrons. The molecule has 117 valence electrons. The first kappa shape index (κ1) is 19.0. The van der Waals surface area contributed by atoms with Gasteiger partial charge < -0.3 is 14.7 Å². The van der Waals surface area contributed by atoms with Crippen molar-refractivity contribution in [2.75, 3.05) is 7.05 Å². The summed E-state index contributed by atoms with van der Waals surface area (Å²) in [6.45, 7) is 5.50. The summed E-state index contributed by atoms with van der Waals surface area (Å²) in [6, 6.07) is 0.0226. The number of ether oxygens (including phenoxy) is 1. The maximum absolute atomic E-state index is 12.1. The number of aromatic nitrogens is 1. The van der Waals surface area contributed by atoms with E-state index in [2.05, 4.69) is 4.98 Å². The second kappa shape index (κ2) is 7.03. The standard InChI is InChI=1S/C14H20N2O4S.Li/c1-14(2,3)20-13(19)16(4)8-5-6-9-10(7-8)21-11(15-9)12(17)18;/h8H,5-7H2,1-4H3,(H,17,18);. The van der Waals surface area contributed by atoms with Crippen LogP contribution in [0.2, 0.25) is 0 Å². The third kappa shape index (κ3) is 4.48. The van der Waals surface area contributed by atoms with Crippen LogP contribution in [0.15, 0.2) is 0 Å². The predicted octanol–water partition coefficient (Wildman–Crippen LogP) is 2.18.